The molecule has 5 heteroatoms. The maximum atomic E-state index is 8.74. The predicted molar refractivity (Wildman–Crippen MR) is 52.9 cm³/mol. The minimum Gasteiger partial charge on any atom is -0.369 e. The Hall–Kier alpha value is -1.54. The molecule has 0 amide bonds. The van der Waals surface area contributed by atoms with E-state index in [4.69, 9.17) is 11.0 Å². The van der Waals surface area contributed by atoms with Gasteiger partial charge in [0, 0.05) is 4.47 Å². The van der Waals surface area contributed by atoms with Crippen LogP contribution in [-0.2, 0) is 0 Å². The molecule has 1 aromatic carbocycles. The number of hydrogen-bond donors (Lipinski definition) is 2. The summed E-state index contributed by atoms with van der Waals surface area (Å²) in [6.45, 7) is 0. The molecule has 2 rings (SSSR count). The first-order chi connectivity index (χ1) is 6.20. The highest BCUT2D eigenvalue weighted by atomic mass is 79.9. The van der Waals surface area contributed by atoms with Crippen LogP contribution in [0.25, 0.3) is 11.0 Å². The second-order valence-electron chi connectivity index (χ2n) is 2.58. The first kappa shape index (κ1) is 8.08. The van der Waals surface area contributed by atoms with Crippen molar-refractivity contribution < 1.29 is 0 Å². The van der Waals surface area contributed by atoms with Crippen LogP contribution in [0.4, 0.5) is 5.95 Å². The first-order valence-corrected chi connectivity index (χ1v) is 4.35. The van der Waals surface area contributed by atoms with Gasteiger partial charge in [-0.1, -0.05) is 0 Å². The van der Waals surface area contributed by atoms with Gasteiger partial charge in [0.2, 0.25) is 0 Å². The zero-order chi connectivity index (χ0) is 9.42. The highest BCUT2D eigenvalue weighted by Crippen LogP contribution is 2.22. The van der Waals surface area contributed by atoms with E-state index in [0.29, 0.717) is 17.0 Å². The number of aromatic nitrogens is 2. The molecule has 1 heterocycles. The standard InChI is InChI=1S/C8H5BrN4/c9-5-2-7-6(1-4(5)3-10)12-8(11)13-7/h1-2H,(H3,11,12,13). The second kappa shape index (κ2) is 2.75. The molecule has 3 N–H and O–H groups in total. The van der Waals surface area contributed by atoms with Gasteiger partial charge in [-0.2, -0.15) is 5.26 Å². The molecule has 1 aromatic heterocycles. The molecule has 0 atom stereocenters. The summed E-state index contributed by atoms with van der Waals surface area (Å²) in [6, 6.07) is 5.53. The number of nitriles is 1. The van der Waals surface area contributed by atoms with Gasteiger partial charge >= 0.3 is 0 Å². The average molecular weight is 237 g/mol. The van der Waals surface area contributed by atoms with Gasteiger partial charge in [0.15, 0.2) is 5.95 Å². The number of halogens is 1. The number of nitrogens with one attached hydrogen (secondary N) is 1. The molecule has 0 aliphatic carbocycles. The Morgan fingerprint density at radius 3 is 3.00 bits per heavy atom. The van der Waals surface area contributed by atoms with E-state index in [0.717, 1.165) is 9.99 Å². The van der Waals surface area contributed by atoms with Crippen molar-refractivity contribution in [3.05, 3.63) is 22.2 Å². The topological polar surface area (TPSA) is 78.5 Å². The molecule has 0 aliphatic heterocycles. The van der Waals surface area contributed by atoms with Crippen LogP contribution in [0.5, 0.6) is 0 Å². The van der Waals surface area contributed by atoms with Gasteiger partial charge in [0.05, 0.1) is 16.6 Å². The first-order valence-electron chi connectivity index (χ1n) is 3.55. The Balaban J connectivity index is 2.82. The number of nitrogens with two attached hydrogens (primary N) is 1. The molecule has 13 heavy (non-hydrogen) atoms. The minimum atomic E-state index is 0.358. The molecule has 0 unspecified atom stereocenters. The fourth-order valence-corrected chi connectivity index (χ4v) is 1.57. The van der Waals surface area contributed by atoms with Crippen molar-refractivity contribution in [2.75, 3.05) is 5.73 Å². The molecule has 4 nitrogen and oxygen atoms in total. The Morgan fingerprint density at radius 1 is 1.54 bits per heavy atom. The number of H-pyrrole nitrogens is 1. The highest BCUT2D eigenvalue weighted by Gasteiger charge is 2.04. The molecule has 0 radical (unpaired) electrons. The van der Waals surface area contributed by atoms with E-state index in [9.17, 15) is 0 Å². The van der Waals surface area contributed by atoms with Crippen LogP contribution < -0.4 is 5.73 Å². The van der Waals surface area contributed by atoms with Crippen LogP contribution in [0, 0.1) is 11.3 Å². The normalized spacial score (nSPS) is 10.2. The van der Waals surface area contributed by atoms with Crippen molar-refractivity contribution in [2.45, 2.75) is 0 Å². The molecule has 64 valence electrons. The van der Waals surface area contributed by atoms with Gasteiger partial charge in [0.25, 0.3) is 0 Å². The number of hydrogen-bond acceptors (Lipinski definition) is 3. The van der Waals surface area contributed by atoms with Crippen molar-refractivity contribution >= 4 is 32.9 Å². The summed E-state index contributed by atoms with van der Waals surface area (Å²) < 4.78 is 0.742. The van der Waals surface area contributed by atoms with Gasteiger partial charge in [-0.25, -0.2) is 4.98 Å². The van der Waals surface area contributed by atoms with Crippen molar-refractivity contribution in [1.82, 2.24) is 9.97 Å². The van der Waals surface area contributed by atoms with Gasteiger partial charge in [-0.3, -0.25) is 0 Å². The Labute approximate surface area is 82.5 Å². The Kier molecular flexibility index (Phi) is 1.71. The number of benzene rings is 1. The zero-order valence-corrected chi connectivity index (χ0v) is 8.09. The van der Waals surface area contributed by atoms with Crippen LogP contribution in [0.2, 0.25) is 0 Å². The third-order valence-corrected chi connectivity index (χ3v) is 2.37. The quantitative estimate of drug-likeness (QED) is 0.732. The number of rotatable bonds is 0. The molecule has 0 fully saturated rings. The van der Waals surface area contributed by atoms with Gasteiger partial charge < -0.3 is 10.7 Å². The summed E-state index contributed by atoms with van der Waals surface area (Å²) >= 11 is 3.28. The molecule has 0 aliphatic rings. The number of imidazole rings is 1. The van der Waals surface area contributed by atoms with E-state index in [-0.39, 0.29) is 0 Å². The Morgan fingerprint density at radius 2 is 2.31 bits per heavy atom. The number of aromatic amines is 1. The fraction of sp³-hybridized carbons (Fsp3) is 0. The van der Waals surface area contributed by atoms with E-state index in [1.165, 1.54) is 0 Å². The number of nitrogen functional groups attached to an aromatic ring is 1. The van der Waals surface area contributed by atoms with E-state index >= 15 is 0 Å². The second-order valence-corrected chi connectivity index (χ2v) is 3.44. The van der Waals surface area contributed by atoms with Crippen molar-refractivity contribution in [3.8, 4) is 6.07 Å². The average Bonchev–Trinajstić information content (AvgIpc) is 2.42. The van der Waals surface area contributed by atoms with E-state index in [2.05, 4.69) is 32.0 Å². The van der Waals surface area contributed by atoms with Gasteiger partial charge in [0.1, 0.15) is 6.07 Å². The lowest BCUT2D eigenvalue weighted by Crippen LogP contribution is -1.84. The van der Waals surface area contributed by atoms with E-state index in [1.54, 1.807) is 12.1 Å². The fourth-order valence-electron chi connectivity index (χ4n) is 1.14. The predicted octanol–water partition coefficient (Wildman–Crippen LogP) is 1.78. The molecule has 0 saturated carbocycles. The lowest BCUT2D eigenvalue weighted by atomic mass is 10.2. The number of nitrogens with zero attached hydrogens (tertiary/aromatic N) is 2. The summed E-state index contributed by atoms with van der Waals surface area (Å²) in [5, 5.41) is 8.74. The largest absolute Gasteiger partial charge is 0.369 e. The van der Waals surface area contributed by atoms with Crippen molar-refractivity contribution in [2.24, 2.45) is 0 Å². The van der Waals surface area contributed by atoms with Gasteiger partial charge in [-0.05, 0) is 28.1 Å². The molecule has 0 spiro atoms. The summed E-state index contributed by atoms with van der Waals surface area (Å²) in [7, 11) is 0. The smallest absolute Gasteiger partial charge is 0.198 e. The Bertz CT molecular complexity index is 509. The SMILES string of the molecule is N#Cc1cc2nc(N)[nH]c2cc1Br. The maximum Gasteiger partial charge on any atom is 0.198 e. The lowest BCUT2D eigenvalue weighted by molar-refractivity contribution is 1.35. The minimum absolute atomic E-state index is 0.358. The summed E-state index contributed by atoms with van der Waals surface area (Å²) in [6.07, 6.45) is 0. The summed E-state index contributed by atoms with van der Waals surface area (Å²) in [5.74, 6) is 0.358. The molecule has 0 bridgehead atoms. The third kappa shape index (κ3) is 1.25. The number of anilines is 1. The maximum absolute atomic E-state index is 8.74. The van der Waals surface area contributed by atoms with E-state index in [1.807, 2.05) is 0 Å². The van der Waals surface area contributed by atoms with Crippen LogP contribution in [0.15, 0.2) is 16.6 Å². The van der Waals surface area contributed by atoms with E-state index < -0.39 is 0 Å². The van der Waals surface area contributed by atoms with Crippen molar-refractivity contribution in [1.29, 1.82) is 5.26 Å². The molecular weight excluding hydrogens is 232 g/mol. The van der Waals surface area contributed by atoms with Crippen LogP contribution in [-0.4, -0.2) is 9.97 Å². The zero-order valence-electron chi connectivity index (χ0n) is 6.50. The lowest BCUT2D eigenvalue weighted by Gasteiger charge is -1.93. The van der Waals surface area contributed by atoms with Crippen LogP contribution in [0.3, 0.4) is 0 Å². The molecular formula is C8H5BrN4. The monoisotopic (exact) mass is 236 g/mol. The third-order valence-electron chi connectivity index (χ3n) is 1.71. The molecule has 0 saturated heterocycles. The highest BCUT2D eigenvalue weighted by molar-refractivity contribution is 9.10. The summed E-state index contributed by atoms with van der Waals surface area (Å²) in [5.41, 5.74) is 7.55. The van der Waals surface area contributed by atoms with Crippen LogP contribution >= 0.6 is 15.9 Å². The number of fused-ring (bicyclic) bond motifs is 1. The van der Waals surface area contributed by atoms with Gasteiger partial charge in [-0.15, -0.1) is 0 Å². The van der Waals surface area contributed by atoms with Crippen LogP contribution in [0.1, 0.15) is 5.56 Å². The molecule has 2 aromatic rings. The summed E-state index contributed by atoms with van der Waals surface area (Å²) in [4.78, 5) is 6.89. The van der Waals surface area contributed by atoms with Crippen molar-refractivity contribution in [3.63, 3.8) is 0 Å².